The third-order valence-corrected chi connectivity index (χ3v) is 9.92. The van der Waals surface area contributed by atoms with Crippen LogP contribution in [-0.4, -0.2) is 58.6 Å². The van der Waals surface area contributed by atoms with Crippen LogP contribution in [0.2, 0.25) is 0 Å². The SMILES string of the molecule is O=C(c1cc(C2CC2)n(C2CCS(=O)(=O)C2)n1)N1CCC(c2nc3ccccc3s2)CC1. The Morgan fingerprint density at radius 1 is 1.03 bits per heavy atom. The van der Waals surface area contributed by atoms with E-state index in [-0.39, 0.29) is 23.5 Å². The molecule has 0 N–H and O–H groups in total. The Balaban J connectivity index is 1.17. The lowest BCUT2D eigenvalue weighted by Crippen LogP contribution is -2.38. The molecule has 0 radical (unpaired) electrons. The molecule has 168 valence electrons. The van der Waals surface area contributed by atoms with Crippen molar-refractivity contribution in [3.05, 3.63) is 46.7 Å². The molecular weight excluding hydrogens is 444 g/mol. The largest absolute Gasteiger partial charge is 0.337 e. The monoisotopic (exact) mass is 470 g/mol. The van der Waals surface area contributed by atoms with Gasteiger partial charge in [-0.05, 0) is 50.3 Å². The van der Waals surface area contributed by atoms with Crippen molar-refractivity contribution in [2.75, 3.05) is 24.6 Å². The Labute approximate surface area is 191 Å². The number of carbonyl (C=O) groups excluding carboxylic acids is 1. The summed E-state index contributed by atoms with van der Waals surface area (Å²) in [6.07, 6.45) is 4.58. The first-order valence-electron chi connectivity index (χ1n) is 11.4. The molecule has 3 aromatic rings. The molecule has 32 heavy (non-hydrogen) atoms. The number of hydrogen-bond acceptors (Lipinski definition) is 6. The van der Waals surface area contributed by atoms with E-state index in [9.17, 15) is 13.2 Å². The molecule has 3 fully saturated rings. The fourth-order valence-corrected chi connectivity index (χ4v) is 7.84. The van der Waals surface area contributed by atoms with E-state index in [1.54, 1.807) is 11.3 Å². The minimum absolute atomic E-state index is 0.0331. The van der Waals surface area contributed by atoms with Gasteiger partial charge in [0, 0.05) is 30.6 Å². The van der Waals surface area contributed by atoms with Crippen LogP contribution >= 0.6 is 11.3 Å². The van der Waals surface area contributed by atoms with Crippen molar-refractivity contribution < 1.29 is 13.2 Å². The van der Waals surface area contributed by atoms with Crippen LogP contribution in [0.4, 0.5) is 0 Å². The smallest absolute Gasteiger partial charge is 0.274 e. The van der Waals surface area contributed by atoms with E-state index in [0.29, 0.717) is 37.0 Å². The molecule has 1 saturated carbocycles. The van der Waals surface area contributed by atoms with Crippen molar-refractivity contribution in [2.45, 2.75) is 50.0 Å². The van der Waals surface area contributed by atoms with Crippen LogP contribution in [0.25, 0.3) is 10.2 Å². The summed E-state index contributed by atoms with van der Waals surface area (Å²) in [6, 6.07) is 10.0. The predicted octanol–water partition coefficient (Wildman–Crippen LogP) is 3.75. The number of piperidine rings is 1. The molecule has 9 heteroatoms. The number of rotatable bonds is 4. The molecule has 1 aliphatic carbocycles. The lowest BCUT2D eigenvalue weighted by molar-refractivity contribution is 0.0705. The van der Waals surface area contributed by atoms with Crippen LogP contribution in [0.1, 0.15) is 71.2 Å². The highest BCUT2D eigenvalue weighted by Crippen LogP contribution is 2.42. The van der Waals surface area contributed by atoms with E-state index in [4.69, 9.17) is 4.98 Å². The maximum atomic E-state index is 13.3. The predicted molar refractivity (Wildman–Crippen MR) is 124 cm³/mol. The zero-order valence-corrected chi connectivity index (χ0v) is 19.4. The third kappa shape index (κ3) is 3.75. The Morgan fingerprint density at radius 2 is 1.81 bits per heavy atom. The lowest BCUT2D eigenvalue weighted by atomic mass is 9.97. The summed E-state index contributed by atoms with van der Waals surface area (Å²) in [6.45, 7) is 1.39. The minimum atomic E-state index is -3.00. The number of thiazole rings is 1. The number of carbonyl (C=O) groups is 1. The molecular formula is C23H26N4O3S2. The average molecular weight is 471 g/mol. The first kappa shape index (κ1) is 20.4. The van der Waals surface area contributed by atoms with Crippen LogP contribution in [0.15, 0.2) is 30.3 Å². The van der Waals surface area contributed by atoms with Crippen molar-refractivity contribution >= 4 is 37.3 Å². The highest BCUT2D eigenvalue weighted by Gasteiger charge is 2.37. The minimum Gasteiger partial charge on any atom is -0.337 e. The highest BCUT2D eigenvalue weighted by molar-refractivity contribution is 7.91. The van der Waals surface area contributed by atoms with E-state index in [1.165, 1.54) is 9.71 Å². The second-order valence-corrected chi connectivity index (χ2v) is 12.6. The van der Waals surface area contributed by atoms with Gasteiger partial charge in [-0.1, -0.05) is 12.1 Å². The second-order valence-electron chi connectivity index (χ2n) is 9.32. The normalized spacial score (nSPS) is 23.8. The molecule has 4 heterocycles. The van der Waals surface area contributed by atoms with Gasteiger partial charge in [0.05, 0.1) is 32.8 Å². The molecule has 0 bridgehead atoms. The van der Waals surface area contributed by atoms with Gasteiger partial charge >= 0.3 is 0 Å². The van der Waals surface area contributed by atoms with Crippen LogP contribution in [0.3, 0.4) is 0 Å². The van der Waals surface area contributed by atoms with Gasteiger partial charge in [-0.25, -0.2) is 13.4 Å². The van der Waals surface area contributed by atoms with E-state index >= 15 is 0 Å². The van der Waals surface area contributed by atoms with Crippen LogP contribution in [-0.2, 0) is 9.84 Å². The summed E-state index contributed by atoms with van der Waals surface area (Å²) in [5.74, 6) is 1.12. The maximum absolute atomic E-state index is 13.3. The molecule has 3 aliphatic rings. The van der Waals surface area contributed by atoms with Gasteiger partial charge in [-0.3, -0.25) is 9.48 Å². The topological polar surface area (TPSA) is 85.2 Å². The molecule has 1 aromatic carbocycles. The molecule has 1 amide bonds. The molecule has 1 unspecified atom stereocenters. The molecule has 2 aromatic heterocycles. The average Bonchev–Trinajstić information content (AvgIpc) is 3.23. The first-order valence-corrected chi connectivity index (χ1v) is 14.1. The second kappa shape index (κ2) is 7.66. The Kier molecular flexibility index (Phi) is 4.87. The quantitative estimate of drug-likeness (QED) is 0.580. The number of fused-ring (bicyclic) bond motifs is 1. The van der Waals surface area contributed by atoms with E-state index in [1.807, 2.05) is 27.8 Å². The summed E-state index contributed by atoms with van der Waals surface area (Å²) < 4.78 is 27.0. The summed E-state index contributed by atoms with van der Waals surface area (Å²) in [4.78, 5) is 20.0. The summed E-state index contributed by atoms with van der Waals surface area (Å²) in [5, 5.41) is 5.82. The first-order chi connectivity index (χ1) is 15.5. The molecule has 7 nitrogen and oxygen atoms in total. The summed E-state index contributed by atoms with van der Waals surface area (Å²) >= 11 is 1.76. The Hall–Kier alpha value is -2.26. The van der Waals surface area contributed by atoms with Crippen molar-refractivity contribution in [3.8, 4) is 0 Å². The maximum Gasteiger partial charge on any atom is 0.274 e. The van der Waals surface area contributed by atoms with Gasteiger partial charge in [0.1, 0.15) is 0 Å². The van der Waals surface area contributed by atoms with Gasteiger partial charge in [0.2, 0.25) is 0 Å². The molecule has 1 atom stereocenters. The van der Waals surface area contributed by atoms with Gasteiger partial charge in [0.25, 0.3) is 5.91 Å². The number of likely N-dealkylation sites (tertiary alicyclic amines) is 1. The van der Waals surface area contributed by atoms with Gasteiger partial charge < -0.3 is 4.90 Å². The van der Waals surface area contributed by atoms with Gasteiger partial charge in [0.15, 0.2) is 15.5 Å². The fourth-order valence-electron chi connectivity index (χ4n) is 5.01. The lowest BCUT2D eigenvalue weighted by Gasteiger charge is -2.30. The molecule has 2 saturated heterocycles. The standard InChI is InChI=1S/C23H26N4O3S2/c28-23(19-13-20(15-5-6-15)27(25-19)17-9-12-32(29,30)14-17)26-10-7-16(8-11-26)22-24-18-3-1-2-4-21(18)31-22/h1-4,13,15-17H,5-12,14H2. The highest BCUT2D eigenvalue weighted by atomic mass is 32.2. The number of amides is 1. The summed E-state index contributed by atoms with van der Waals surface area (Å²) in [5.41, 5.74) is 2.56. The van der Waals surface area contributed by atoms with Gasteiger partial charge in [-0.2, -0.15) is 5.10 Å². The number of aromatic nitrogens is 3. The van der Waals surface area contributed by atoms with E-state index < -0.39 is 9.84 Å². The Morgan fingerprint density at radius 3 is 2.50 bits per heavy atom. The van der Waals surface area contributed by atoms with Crippen molar-refractivity contribution in [3.63, 3.8) is 0 Å². The zero-order chi connectivity index (χ0) is 21.9. The number of hydrogen-bond donors (Lipinski definition) is 0. The number of benzene rings is 1. The third-order valence-electron chi connectivity index (χ3n) is 6.98. The van der Waals surface area contributed by atoms with E-state index in [2.05, 4.69) is 17.2 Å². The van der Waals surface area contributed by atoms with Crippen molar-refractivity contribution in [1.29, 1.82) is 0 Å². The van der Waals surface area contributed by atoms with Crippen molar-refractivity contribution in [2.24, 2.45) is 0 Å². The number of nitrogens with zero attached hydrogens (tertiary/aromatic N) is 4. The zero-order valence-electron chi connectivity index (χ0n) is 17.8. The van der Waals surface area contributed by atoms with Gasteiger partial charge in [-0.15, -0.1) is 11.3 Å². The number of sulfone groups is 1. The van der Waals surface area contributed by atoms with E-state index in [0.717, 1.165) is 36.9 Å². The molecule has 2 aliphatic heterocycles. The number of para-hydroxylation sites is 1. The fraction of sp³-hybridized carbons (Fsp3) is 0.522. The summed E-state index contributed by atoms with van der Waals surface area (Å²) in [7, 11) is -3.00. The Bertz CT molecular complexity index is 1250. The van der Waals surface area contributed by atoms with Crippen LogP contribution in [0, 0.1) is 0 Å². The van der Waals surface area contributed by atoms with Crippen LogP contribution in [0.5, 0.6) is 0 Å². The molecule has 6 rings (SSSR count). The van der Waals surface area contributed by atoms with Crippen molar-refractivity contribution in [1.82, 2.24) is 19.7 Å². The van der Waals surface area contributed by atoms with Crippen LogP contribution < -0.4 is 0 Å². The molecule has 0 spiro atoms.